The quantitative estimate of drug-likeness (QED) is 0.559. The van der Waals surface area contributed by atoms with Crippen molar-refractivity contribution in [1.82, 2.24) is 9.78 Å². The van der Waals surface area contributed by atoms with Gasteiger partial charge in [-0.05, 0) is 50.1 Å². The summed E-state index contributed by atoms with van der Waals surface area (Å²) in [6.07, 6.45) is 2.97. The maximum Gasteiger partial charge on any atom is 0.159 e. The molecule has 2 aromatic carbocycles. The van der Waals surface area contributed by atoms with E-state index in [0.29, 0.717) is 0 Å². The summed E-state index contributed by atoms with van der Waals surface area (Å²) in [7, 11) is 0. The summed E-state index contributed by atoms with van der Waals surface area (Å²) in [6, 6.07) is 12.6. The van der Waals surface area contributed by atoms with Crippen LogP contribution < -0.4 is 4.90 Å². The zero-order valence-electron chi connectivity index (χ0n) is 16.0. The van der Waals surface area contributed by atoms with Crippen LogP contribution in [0.15, 0.2) is 53.6 Å². The maximum atomic E-state index is 13.8. The van der Waals surface area contributed by atoms with Crippen molar-refractivity contribution >= 4 is 17.4 Å². The van der Waals surface area contributed by atoms with Gasteiger partial charge < -0.3 is 4.90 Å². The van der Waals surface area contributed by atoms with E-state index in [-0.39, 0.29) is 5.25 Å². The number of benzene rings is 2. The van der Waals surface area contributed by atoms with Crippen molar-refractivity contribution in [3.05, 3.63) is 77.1 Å². The zero-order valence-corrected chi connectivity index (χ0v) is 16.8. The Morgan fingerprint density at radius 1 is 1.14 bits per heavy atom. The van der Waals surface area contributed by atoms with Crippen LogP contribution >= 0.6 is 11.8 Å². The lowest BCUT2D eigenvalue weighted by Gasteiger charge is -2.24. The number of fused-ring (bicyclic) bond motifs is 1. The van der Waals surface area contributed by atoms with Crippen LogP contribution in [0.5, 0.6) is 0 Å². The first kappa shape index (κ1) is 19.0. The van der Waals surface area contributed by atoms with Crippen LogP contribution in [-0.4, -0.2) is 16.3 Å². The van der Waals surface area contributed by atoms with Gasteiger partial charge in [0.1, 0.15) is 0 Å². The molecule has 1 aliphatic rings. The Kier molecular flexibility index (Phi) is 5.40. The fraction of sp³-hybridized carbons (Fsp3) is 0.318. The first-order valence-corrected chi connectivity index (χ1v) is 10.4. The molecule has 0 amide bonds. The van der Waals surface area contributed by atoms with E-state index in [0.717, 1.165) is 42.2 Å². The molecule has 28 heavy (non-hydrogen) atoms. The van der Waals surface area contributed by atoms with Crippen molar-refractivity contribution in [2.24, 2.45) is 0 Å². The number of rotatable bonds is 4. The highest BCUT2D eigenvalue weighted by atomic mass is 32.2. The van der Waals surface area contributed by atoms with Crippen molar-refractivity contribution in [2.75, 3.05) is 11.4 Å². The second kappa shape index (κ2) is 7.95. The van der Waals surface area contributed by atoms with Gasteiger partial charge in [-0.1, -0.05) is 18.2 Å². The lowest BCUT2D eigenvalue weighted by atomic mass is 10.1. The fourth-order valence-corrected chi connectivity index (χ4v) is 4.90. The van der Waals surface area contributed by atoms with Crippen LogP contribution in [0.1, 0.15) is 35.4 Å². The monoisotopic (exact) mass is 399 g/mol. The van der Waals surface area contributed by atoms with Crippen molar-refractivity contribution in [1.29, 1.82) is 0 Å². The smallest absolute Gasteiger partial charge is 0.159 e. The summed E-state index contributed by atoms with van der Waals surface area (Å²) in [5.41, 5.74) is 4.28. The highest BCUT2D eigenvalue weighted by Crippen LogP contribution is 2.45. The van der Waals surface area contributed by atoms with Crippen LogP contribution in [0.2, 0.25) is 0 Å². The van der Waals surface area contributed by atoms with Gasteiger partial charge in [0.05, 0.1) is 11.4 Å². The van der Waals surface area contributed by atoms with E-state index in [2.05, 4.69) is 35.3 Å². The van der Waals surface area contributed by atoms with Gasteiger partial charge in [0.15, 0.2) is 11.6 Å². The molecule has 0 fully saturated rings. The molecule has 0 radical (unpaired) electrons. The van der Waals surface area contributed by atoms with Crippen molar-refractivity contribution in [3.63, 3.8) is 0 Å². The lowest BCUT2D eigenvalue weighted by Crippen LogP contribution is -2.24. The number of para-hydroxylation sites is 1. The molecule has 1 aromatic heterocycles. The SMILES string of the molecule is CCn1cc(CN2CCC(c3ccc(F)c(F)c3)Sc3ccccc32)c(C)n1. The van der Waals surface area contributed by atoms with Crippen LogP contribution in [0, 0.1) is 18.6 Å². The lowest BCUT2D eigenvalue weighted by molar-refractivity contribution is 0.506. The summed E-state index contributed by atoms with van der Waals surface area (Å²) < 4.78 is 29.1. The molecule has 0 aliphatic carbocycles. The highest BCUT2D eigenvalue weighted by Gasteiger charge is 2.24. The van der Waals surface area contributed by atoms with Gasteiger partial charge >= 0.3 is 0 Å². The molecule has 3 aromatic rings. The van der Waals surface area contributed by atoms with Gasteiger partial charge in [-0.25, -0.2) is 8.78 Å². The zero-order chi connectivity index (χ0) is 19.7. The van der Waals surface area contributed by atoms with E-state index in [9.17, 15) is 8.78 Å². The van der Waals surface area contributed by atoms with Crippen LogP contribution in [0.3, 0.4) is 0 Å². The predicted molar refractivity (Wildman–Crippen MR) is 110 cm³/mol. The molecule has 0 saturated heterocycles. The Bertz CT molecular complexity index is 986. The Morgan fingerprint density at radius 2 is 1.96 bits per heavy atom. The minimum absolute atomic E-state index is 0.0840. The molecule has 4 rings (SSSR count). The van der Waals surface area contributed by atoms with E-state index in [1.807, 2.05) is 23.7 Å². The van der Waals surface area contributed by atoms with Crippen LogP contribution in [0.4, 0.5) is 14.5 Å². The van der Waals surface area contributed by atoms with Crippen LogP contribution in [0.25, 0.3) is 0 Å². The largest absolute Gasteiger partial charge is 0.366 e. The average Bonchev–Trinajstić information content (AvgIpc) is 2.95. The van der Waals surface area contributed by atoms with Crippen molar-refractivity contribution in [3.8, 4) is 0 Å². The standard InChI is InChI=1S/C22H23F2N3S/c1-3-27-14-17(15(2)25-27)13-26-11-10-21(16-8-9-18(23)19(24)12-16)28-22-7-5-4-6-20(22)26/h4-9,12,14,21H,3,10-11,13H2,1-2H3. The molecule has 0 spiro atoms. The van der Waals surface area contributed by atoms with Crippen molar-refractivity contribution in [2.45, 2.75) is 43.5 Å². The number of thioether (sulfide) groups is 1. The van der Waals surface area contributed by atoms with E-state index in [4.69, 9.17) is 0 Å². The van der Waals surface area contributed by atoms with E-state index < -0.39 is 11.6 Å². The molecule has 1 aliphatic heterocycles. The second-order valence-electron chi connectivity index (χ2n) is 7.05. The molecule has 146 valence electrons. The van der Waals surface area contributed by atoms with Gasteiger partial charge in [-0.2, -0.15) is 5.10 Å². The average molecular weight is 400 g/mol. The summed E-state index contributed by atoms with van der Waals surface area (Å²) in [5, 5.41) is 4.65. The number of halogens is 2. The number of aromatic nitrogens is 2. The third-order valence-corrected chi connectivity index (χ3v) is 6.58. The number of hydrogen-bond donors (Lipinski definition) is 0. The Hall–Kier alpha value is -2.34. The molecular formula is C22H23F2N3S. The highest BCUT2D eigenvalue weighted by molar-refractivity contribution is 7.99. The minimum atomic E-state index is -0.798. The molecule has 1 unspecified atom stereocenters. The molecular weight excluding hydrogens is 376 g/mol. The molecule has 3 nitrogen and oxygen atoms in total. The first-order chi connectivity index (χ1) is 13.5. The van der Waals surface area contributed by atoms with Gasteiger partial charge in [-0.3, -0.25) is 4.68 Å². The Morgan fingerprint density at radius 3 is 2.71 bits per heavy atom. The molecule has 0 bridgehead atoms. The van der Waals surface area contributed by atoms with E-state index in [1.165, 1.54) is 23.4 Å². The maximum absolute atomic E-state index is 13.8. The van der Waals surface area contributed by atoms with Gasteiger partial charge in [0.25, 0.3) is 0 Å². The van der Waals surface area contributed by atoms with E-state index in [1.54, 1.807) is 17.8 Å². The molecule has 0 N–H and O–H groups in total. The second-order valence-corrected chi connectivity index (χ2v) is 8.30. The topological polar surface area (TPSA) is 21.1 Å². The number of aryl methyl sites for hydroxylation is 2. The van der Waals surface area contributed by atoms with Crippen molar-refractivity contribution < 1.29 is 8.78 Å². The van der Waals surface area contributed by atoms with Crippen LogP contribution in [-0.2, 0) is 13.1 Å². The van der Waals surface area contributed by atoms with E-state index >= 15 is 0 Å². The third-order valence-electron chi connectivity index (χ3n) is 5.19. The Balaban J connectivity index is 1.63. The molecule has 6 heteroatoms. The molecule has 0 saturated carbocycles. The summed E-state index contributed by atoms with van der Waals surface area (Å²) in [6.45, 7) is 6.61. The number of nitrogens with zero attached hydrogens (tertiary/aromatic N) is 3. The normalized spacial score (nSPS) is 16.7. The van der Waals surface area contributed by atoms with Gasteiger partial charge in [0.2, 0.25) is 0 Å². The predicted octanol–water partition coefficient (Wildman–Crippen LogP) is 5.73. The van der Waals surface area contributed by atoms with Gasteiger partial charge in [-0.15, -0.1) is 11.8 Å². The Labute approximate surface area is 168 Å². The molecule has 1 atom stereocenters. The minimum Gasteiger partial charge on any atom is -0.366 e. The van der Waals surface area contributed by atoms with Gasteiger partial charge in [0, 0.05) is 41.5 Å². The first-order valence-electron chi connectivity index (χ1n) is 9.53. The third kappa shape index (κ3) is 3.78. The fourth-order valence-electron chi connectivity index (χ4n) is 3.62. The number of hydrogen-bond acceptors (Lipinski definition) is 3. The number of anilines is 1. The summed E-state index contributed by atoms with van der Waals surface area (Å²) in [5.74, 6) is -1.58. The summed E-state index contributed by atoms with van der Waals surface area (Å²) in [4.78, 5) is 3.53. The summed E-state index contributed by atoms with van der Waals surface area (Å²) >= 11 is 1.72. The molecule has 2 heterocycles.